The topological polar surface area (TPSA) is 78.5 Å². The lowest BCUT2D eigenvalue weighted by atomic mass is 10.2. The predicted molar refractivity (Wildman–Crippen MR) is 77.1 cm³/mol. The van der Waals surface area contributed by atoms with E-state index in [1.165, 1.54) is 0 Å². The standard InChI is InChI=1S/C13H14BrN3O3/c14-9-3-1-4-10(7-9)16-11(18)5-2-6-17-12(19)8-15-13(17)20/h1,3-4,7H,2,5-6,8H2,(H,15,20)(H,16,18). The van der Waals surface area contributed by atoms with Gasteiger partial charge in [-0.05, 0) is 24.6 Å². The number of nitrogens with one attached hydrogen (secondary N) is 2. The van der Waals surface area contributed by atoms with Crippen molar-refractivity contribution in [3.63, 3.8) is 0 Å². The Labute approximate surface area is 124 Å². The first kappa shape index (κ1) is 14.5. The normalized spacial score (nSPS) is 14.3. The summed E-state index contributed by atoms with van der Waals surface area (Å²) in [5.41, 5.74) is 0.708. The fraction of sp³-hybridized carbons (Fsp3) is 0.308. The van der Waals surface area contributed by atoms with Crippen molar-refractivity contribution in [2.24, 2.45) is 0 Å². The van der Waals surface area contributed by atoms with E-state index < -0.39 is 0 Å². The summed E-state index contributed by atoms with van der Waals surface area (Å²) in [6.45, 7) is 0.305. The molecule has 0 radical (unpaired) electrons. The molecule has 20 heavy (non-hydrogen) atoms. The molecule has 6 nitrogen and oxygen atoms in total. The first-order valence-corrected chi connectivity index (χ1v) is 6.99. The average molecular weight is 340 g/mol. The molecule has 1 aliphatic heterocycles. The van der Waals surface area contributed by atoms with Crippen LogP contribution in [-0.4, -0.2) is 35.8 Å². The number of amides is 4. The van der Waals surface area contributed by atoms with Crippen LogP contribution >= 0.6 is 15.9 Å². The van der Waals surface area contributed by atoms with Gasteiger partial charge in [0, 0.05) is 23.1 Å². The molecule has 1 aromatic rings. The SMILES string of the molecule is O=C(CCCN1C(=O)CNC1=O)Nc1cccc(Br)c1. The molecule has 0 atom stereocenters. The molecule has 2 N–H and O–H groups in total. The van der Waals surface area contributed by atoms with Crippen molar-refractivity contribution >= 4 is 39.5 Å². The highest BCUT2D eigenvalue weighted by Crippen LogP contribution is 2.16. The molecule has 0 aromatic heterocycles. The zero-order valence-electron chi connectivity index (χ0n) is 10.7. The van der Waals surface area contributed by atoms with Gasteiger partial charge in [-0.2, -0.15) is 0 Å². The molecule has 1 saturated heterocycles. The van der Waals surface area contributed by atoms with E-state index in [1.807, 2.05) is 12.1 Å². The molecule has 1 aromatic carbocycles. The van der Waals surface area contributed by atoms with E-state index in [9.17, 15) is 14.4 Å². The third-order valence-corrected chi connectivity index (χ3v) is 3.32. The highest BCUT2D eigenvalue weighted by Gasteiger charge is 2.27. The van der Waals surface area contributed by atoms with Gasteiger partial charge in [0.25, 0.3) is 0 Å². The minimum atomic E-state index is -0.387. The van der Waals surface area contributed by atoms with Gasteiger partial charge in [-0.1, -0.05) is 22.0 Å². The van der Waals surface area contributed by atoms with Gasteiger partial charge in [0.2, 0.25) is 11.8 Å². The monoisotopic (exact) mass is 339 g/mol. The first-order valence-electron chi connectivity index (χ1n) is 6.20. The Bertz CT molecular complexity index is 531. The number of halogens is 1. The summed E-state index contributed by atoms with van der Waals surface area (Å²) in [5, 5.41) is 5.19. The van der Waals surface area contributed by atoms with E-state index in [-0.39, 0.29) is 37.4 Å². The first-order chi connectivity index (χ1) is 9.56. The summed E-state index contributed by atoms with van der Waals surface area (Å²) < 4.78 is 0.884. The molecule has 106 valence electrons. The van der Waals surface area contributed by atoms with E-state index in [4.69, 9.17) is 0 Å². The summed E-state index contributed by atoms with van der Waals surface area (Å²) in [5.74, 6) is -0.391. The zero-order valence-corrected chi connectivity index (χ0v) is 12.3. The molecule has 0 bridgehead atoms. The molecule has 7 heteroatoms. The molecule has 4 amide bonds. The fourth-order valence-electron chi connectivity index (χ4n) is 1.87. The molecular weight excluding hydrogens is 326 g/mol. The maximum Gasteiger partial charge on any atom is 0.324 e. The second-order valence-corrected chi connectivity index (χ2v) is 5.28. The minimum Gasteiger partial charge on any atom is -0.329 e. The maximum absolute atomic E-state index is 11.7. The molecule has 0 spiro atoms. The van der Waals surface area contributed by atoms with Crippen LogP contribution in [0.1, 0.15) is 12.8 Å². The van der Waals surface area contributed by atoms with Crippen LogP contribution in [0.3, 0.4) is 0 Å². The Kier molecular flexibility index (Phi) is 4.73. The smallest absolute Gasteiger partial charge is 0.324 e. The van der Waals surface area contributed by atoms with Gasteiger partial charge in [-0.15, -0.1) is 0 Å². The highest BCUT2D eigenvalue weighted by molar-refractivity contribution is 9.10. The van der Waals surface area contributed by atoms with Crippen LogP contribution in [0, 0.1) is 0 Å². The second kappa shape index (κ2) is 6.51. The summed E-state index contributed by atoms with van der Waals surface area (Å²) in [7, 11) is 0. The summed E-state index contributed by atoms with van der Waals surface area (Å²) in [6, 6.07) is 6.90. The van der Waals surface area contributed by atoms with Gasteiger partial charge in [-0.3, -0.25) is 14.5 Å². The van der Waals surface area contributed by atoms with Crippen LogP contribution in [0.2, 0.25) is 0 Å². The maximum atomic E-state index is 11.7. The molecule has 1 fully saturated rings. The van der Waals surface area contributed by atoms with E-state index in [0.29, 0.717) is 12.1 Å². The molecular formula is C13H14BrN3O3. The number of imide groups is 1. The minimum absolute atomic E-state index is 0.0447. The molecule has 0 saturated carbocycles. The number of anilines is 1. The van der Waals surface area contributed by atoms with Gasteiger partial charge in [-0.25, -0.2) is 4.79 Å². The Morgan fingerprint density at radius 1 is 1.40 bits per heavy atom. The summed E-state index contributed by atoms with van der Waals surface area (Å²) in [6.07, 6.45) is 0.697. The van der Waals surface area contributed by atoms with Crippen LogP contribution in [0.5, 0.6) is 0 Å². The molecule has 0 unspecified atom stereocenters. The lowest BCUT2D eigenvalue weighted by Gasteiger charge is -2.11. The number of rotatable bonds is 5. The number of hydrogen-bond donors (Lipinski definition) is 2. The highest BCUT2D eigenvalue weighted by atomic mass is 79.9. The van der Waals surface area contributed by atoms with Crippen LogP contribution in [0.15, 0.2) is 28.7 Å². The van der Waals surface area contributed by atoms with Gasteiger partial charge in [0.15, 0.2) is 0 Å². The zero-order chi connectivity index (χ0) is 14.5. The Hall–Kier alpha value is -1.89. The van der Waals surface area contributed by atoms with Crippen molar-refractivity contribution < 1.29 is 14.4 Å². The van der Waals surface area contributed by atoms with Gasteiger partial charge in [0.05, 0.1) is 6.54 Å². The van der Waals surface area contributed by atoms with Crippen molar-refractivity contribution in [2.45, 2.75) is 12.8 Å². The fourth-order valence-corrected chi connectivity index (χ4v) is 2.27. The van der Waals surface area contributed by atoms with Crippen LogP contribution in [-0.2, 0) is 9.59 Å². The lowest BCUT2D eigenvalue weighted by molar-refractivity contribution is -0.125. The number of nitrogens with zero attached hydrogens (tertiary/aromatic N) is 1. The quantitative estimate of drug-likeness (QED) is 0.801. The van der Waals surface area contributed by atoms with Gasteiger partial charge in [0.1, 0.15) is 0 Å². The second-order valence-electron chi connectivity index (χ2n) is 4.37. The van der Waals surface area contributed by atoms with E-state index >= 15 is 0 Å². The number of carbonyl (C=O) groups excluding carboxylic acids is 3. The van der Waals surface area contributed by atoms with E-state index in [0.717, 1.165) is 9.37 Å². The van der Waals surface area contributed by atoms with Crippen LogP contribution in [0.4, 0.5) is 10.5 Å². The Morgan fingerprint density at radius 3 is 2.85 bits per heavy atom. The number of urea groups is 1. The molecule has 1 aliphatic rings. The van der Waals surface area contributed by atoms with Crippen LogP contribution in [0.25, 0.3) is 0 Å². The van der Waals surface area contributed by atoms with Crippen molar-refractivity contribution in [1.82, 2.24) is 10.2 Å². The average Bonchev–Trinajstić information content (AvgIpc) is 2.70. The van der Waals surface area contributed by atoms with Crippen molar-refractivity contribution in [2.75, 3.05) is 18.4 Å². The predicted octanol–water partition coefficient (Wildman–Crippen LogP) is 1.72. The van der Waals surface area contributed by atoms with E-state index in [1.54, 1.807) is 12.1 Å². The Morgan fingerprint density at radius 2 is 2.20 bits per heavy atom. The van der Waals surface area contributed by atoms with Crippen molar-refractivity contribution in [3.05, 3.63) is 28.7 Å². The third-order valence-electron chi connectivity index (χ3n) is 2.83. The number of carbonyl (C=O) groups is 3. The summed E-state index contributed by atoms with van der Waals surface area (Å²) in [4.78, 5) is 35.5. The van der Waals surface area contributed by atoms with Crippen molar-refractivity contribution in [1.29, 1.82) is 0 Å². The molecule has 0 aliphatic carbocycles. The van der Waals surface area contributed by atoms with Crippen LogP contribution < -0.4 is 10.6 Å². The number of benzene rings is 1. The molecule has 1 heterocycles. The van der Waals surface area contributed by atoms with Gasteiger partial charge < -0.3 is 10.6 Å². The third kappa shape index (κ3) is 3.80. The lowest BCUT2D eigenvalue weighted by Crippen LogP contribution is -2.32. The van der Waals surface area contributed by atoms with Gasteiger partial charge >= 0.3 is 6.03 Å². The molecule has 2 rings (SSSR count). The number of hydrogen-bond acceptors (Lipinski definition) is 3. The van der Waals surface area contributed by atoms with Crippen molar-refractivity contribution in [3.8, 4) is 0 Å². The largest absolute Gasteiger partial charge is 0.329 e. The Balaban J connectivity index is 1.75. The summed E-state index contributed by atoms with van der Waals surface area (Å²) >= 11 is 3.32. The van der Waals surface area contributed by atoms with E-state index in [2.05, 4.69) is 26.6 Å².